The molecule has 0 aliphatic carbocycles. The maximum absolute atomic E-state index is 12.5. The molecule has 1 heterocycles. The van der Waals surface area contributed by atoms with Crippen molar-refractivity contribution in [1.29, 1.82) is 0 Å². The fourth-order valence-corrected chi connectivity index (χ4v) is 1.78. The van der Waals surface area contributed by atoms with Crippen molar-refractivity contribution in [2.45, 2.75) is 18.6 Å². The molecule has 106 valence electrons. The summed E-state index contributed by atoms with van der Waals surface area (Å²) in [7, 11) is 0. The summed E-state index contributed by atoms with van der Waals surface area (Å²) in [5, 5.41) is 0. The van der Waals surface area contributed by atoms with Crippen molar-refractivity contribution in [2.75, 3.05) is 0 Å². The van der Waals surface area contributed by atoms with E-state index in [1.165, 1.54) is 12.1 Å². The summed E-state index contributed by atoms with van der Waals surface area (Å²) in [5.41, 5.74) is 2.61. The third kappa shape index (κ3) is 3.52. The Balaban J connectivity index is 2.13. The lowest BCUT2D eigenvalue weighted by Gasteiger charge is -2.14. The van der Waals surface area contributed by atoms with E-state index in [-0.39, 0.29) is 6.04 Å². The molecule has 0 spiro atoms. The average Bonchev–Trinajstić information content (AvgIpc) is 2.45. The molecular weight excluding hydrogens is 269 g/mol. The Hall–Kier alpha value is -1.99. The predicted molar refractivity (Wildman–Crippen MR) is 67.2 cm³/mol. The number of nitrogens with one attached hydrogen (secondary N) is 1. The van der Waals surface area contributed by atoms with E-state index >= 15 is 0 Å². The molecule has 1 unspecified atom stereocenters. The van der Waals surface area contributed by atoms with Gasteiger partial charge in [0, 0.05) is 12.4 Å². The van der Waals surface area contributed by atoms with Crippen LogP contribution in [0, 0.1) is 0 Å². The molecule has 0 aliphatic heterocycles. The van der Waals surface area contributed by atoms with Crippen molar-refractivity contribution in [1.82, 2.24) is 15.4 Å². The number of nitrogens with two attached hydrogens (primary N) is 1. The second-order valence-corrected chi connectivity index (χ2v) is 4.23. The van der Waals surface area contributed by atoms with E-state index in [0.29, 0.717) is 17.8 Å². The van der Waals surface area contributed by atoms with Gasteiger partial charge in [0.05, 0.1) is 11.6 Å². The van der Waals surface area contributed by atoms with Crippen LogP contribution in [0.25, 0.3) is 0 Å². The first-order valence-electron chi connectivity index (χ1n) is 5.90. The van der Waals surface area contributed by atoms with Gasteiger partial charge in [0.15, 0.2) is 0 Å². The Bertz CT molecular complexity index is 540. The van der Waals surface area contributed by atoms with Crippen LogP contribution in [0.3, 0.4) is 0 Å². The third-order valence-corrected chi connectivity index (χ3v) is 2.82. The monoisotopic (exact) mass is 282 g/mol. The number of hydrogen-bond donors (Lipinski definition) is 2. The summed E-state index contributed by atoms with van der Waals surface area (Å²) in [6.45, 7) is 0. The molecule has 7 heteroatoms. The zero-order chi connectivity index (χ0) is 14.6. The van der Waals surface area contributed by atoms with Gasteiger partial charge in [0.1, 0.15) is 5.82 Å². The third-order valence-electron chi connectivity index (χ3n) is 2.82. The van der Waals surface area contributed by atoms with Gasteiger partial charge in [-0.1, -0.05) is 12.1 Å². The van der Waals surface area contributed by atoms with Gasteiger partial charge >= 0.3 is 6.18 Å². The Morgan fingerprint density at radius 3 is 2.20 bits per heavy atom. The Morgan fingerprint density at radius 2 is 1.70 bits per heavy atom. The summed E-state index contributed by atoms with van der Waals surface area (Å²) >= 11 is 0. The van der Waals surface area contributed by atoms with Crippen LogP contribution in [-0.4, -0.2) is 9.97 Å². The molecule has 1 aromatic carbocycles. The van der Waals surface area contributed by atoms with Crippen molar-refractivity contribution >= 4 is 0 Å². The van der Waals surface area contributed by atoms with Gasteiger partial charge in [-0.2, -0.15) is 13.2 Å². The largest absolute Gasteiger partial charge is 0.416 e. The van der Waals surface area contributed by atoms with Gasteiger partial charge in [0.2, 0.25) is 0 Å². The van der Waals surface area contributed by atoms with Crippen LogP contribution in [0.1, 0.15) is 23.0 Å². The zero-order valence-electron chi connectivity index (χ0n) is 10.4. The van der Waals surface area contributed by atoms with E-state index in [1.54, 1.807) is 18.5 Å². The van der Waals surface area contributed by atoms with E-state index in [1.807, 2.05) is 0 Å². The minimum Gasteiger partial charge on any atom is -0.271 e. The first-order valence-corrected chi connectivity index (χ1v) is 5.90. The molecular formula is C13H13F3N4. The number of alkyl halides is 3. The summed E-state index contributed by atoms with van der Waals surface area (Å²) < 4.78 is 37.4. The molecule has 4 nitrogen and oxygen atoms in total. The molecule has 0 saturated heterocycles. The van der Waals surface area contributed by atoms with Gasteiger partial charge in [-0.25, -0.2) is 15.4 Å². The van der Waals surface area contributed by atoms with E-state index < -0.39 is 11.7 Å². The minimum absolute atomic E-state index is 0.354. The van der Waals surface area contributed by atoms with Gasteiger partial charge in [-0.3, -0.25) is 5.84 Å². The first-order chi connectivity index (χ1) is 9.50. The van der Waals surface area contributed by atoms with Crippen molar-refractivity contribution in [2.24, 2.45) is 5.84 Å². The smallest absolute Gasteiger partial charge is 0.271 e. The van der Waals surface area contributed by atoms with Gasteiger partial charge < -0.3 is 0 Å². The molecule has 2 aromatic rings. The van der Waals surface area contributed by atoms with E-state index in [9.17, 15) is 13.2 Å². The van der Waals surface area contributed by atoms with E-state index in [2.05, 4.69) is 15.4 Å². The molecule has 2 rings (SSSR count). The minimum atomic E-state index is -4.33. The first kappa shape index (κ1) is 14.4. The topological polar surface area (TPSA) is 63.8 Å². The lowest BCUT2D eigenvalue weighted by Crippen LogP contribution is -2.30. The molecule has 0 fully saturated rings. The highest BCUT2D eigenvalue weighted by atomic mass is 19.4. The van der Waals surface area contributed by atoms with Crippen LogP contribution in [0.2, 0.25) is 0 Å². The summed E-state index contributed by atoms with van der Waals surface area (Å²) in [5.74, 6) is 5.94. The number of nitrogens with zero attached hydrogens (tertiary/aromatic N) is 2. The lowest BCUT2D eigenvalue weighted by atomic mass is 10.0. The Labute approximate surface area is 113 Å². The van der Waals surface area contributed by atoms with Crippen LogP contribution >= 0.6 is 0 Å². The SMILES string of the molecule is NNC(Cc1ccc(C(F)(F)F)cc1)c1ncccn1. The molecule has 3 N–H and O–H groups in total. The Kier molecular flexibility index (Phi) is 4.31. The van der Waals surface area contributed by atoms with Crippen LogP contribution in [-0.2, 0) is 12.6 Å². The van der Waals surface area contributed by atoms with E-state index in [0.717, 1.165) is 12.1 Å². The molecule has 0 radical (unpaired) electrons. The fraction of sp³-hybridized carbons (Fsp3) is 0.231. The summed E-state index contributed by atoms with van der Waals surface area (Å²) in [4.78, 5) is 8.14. The number of hydrogen-bond acceptors (Lipinski definition) is 4. The van der Waals surface area contributed by atoms with Crippen molar-refractivity contribution in [3.63, 3.8) is 0 Å². The van der Waals surface area contributed by atoms with Crippen LogP contribution in [0.5, 0.6) is 0 Å². The molecule has 1 aromatic heterocycles. The standard InChI is InChI=1S/C13H13F3N4/c14-13(15,16)10-4-2-9(3-5-10)8-11(20-17)12-18-6-1-7-19-12/h1-7,11,20H,8,17H2. The van der Waals surface area contributed by atoms with Gasteiger partial charge in [-0.05, 0) is 30.2 Å². The fourth-order valence-electron chi connectivity index (χ4n) is 1.78. The molecule has 1 atom stereocenters. The second-order valence-electron chi connectivity index (χ2n) is 4.23. The molecule has 0 amide bonds. The second kappa shape index (κ2) is 5.98. The highest BCUT2D eigenvalue weighted by molar-refractivity contribution is 5.25. The zero-order valence-corrected chi connectivity index (χ0v) is 10.4. The van der Waals surface area contributed by atoms with E-state index in [4.69, 9.17) is 5.84 Å². The van der Waals surface area contributed by atoms with Crippen LogP contribution in [0.4, 0.5) is 13.2 Å². The molecule has 0 saturated carbocycles. The molecule has 0 aliphatic rings. The number of aromatic nitrogens is 2. The maximum Gasteiger partial charge on any atom is 0.416 e. The summed E-state index contributed by atoms with van der Waals surface area (Å²) in [6, 6.07) is 6.28. The predicted octanol–water partition coefficient (Wildman–Crippen LogP) is 2.24. The molecule has 20 heavy (non-hydrogen) atoms. The number of hydrazine groups is 1. The quantitative estimate of drug-likeness (QED) is 0.667. The van der Waals surface area contributed by atoms with Crippen molar-refractivity contribution in [3.8, 4) is 0 Å². The number of halogens is 3. The van der Waals surface area contributed by atoms with Crippen LogP contribution in [0.15, 0.2) is 42.7 Å². The van der Waals surface area contributed by atoms with Crippen molar-refractivity contribution in [3.05, 3.63) is 59.7 Å². The highest BCUT2D eigenvalue weighted by Crippen LogP contribution is 2.29. The number of rotatable bonds is 4. The summed E-state index contributed by atoms with van der Waals surface area (Å²) in [6.07, 6.45) is -0.760. The highest BCUT2D eigenvalue weighted by Gasteiger charge is 2.30. The molecule has 0 bridgehead atoms. The van der Waals surface area contributed by atoms with Gasteiger partial charge in [0.25, 0.3) is 0 Å². The lowest BCUT2D eigenvalue weighted by molar-refractivity contribution is -0.137. The average molecular weight is 282 g/mol. The Morgan fingerprint density at radius 1 is 1.10 bits per heavy atom. The normalized spacial score (nSPS) is 13.2. The van der Waals surface area contributed by atoms with Gasteiger partial charge in [-0.15, -0.1) is 0 Å². The maximum atomic E-state index is 12.5. The van der Waals surface area contributed by atoms with Crippen molar-refractivity contribution < 1.29 is 13.2 Å². The van der Waals surface area contributed by atoms with Crippen LogP contribution < -0.4 is 11.3 Å². The number of benzene rings is 1.